The monoisotopic (exact) mass is 383 g/mol. The molecule has 2 heterocycles. The van der Waals surface area contributed by atoms with Crippen molar-refractivity contribution in [2.75, 3.05) is 16.8 Å². The van der Waals surface area contributed by atoms with Crippen LogP contribution in [0, 0.1) is 0 Å². The van der Waals surface area contributed by atoms with Gasteiger partial charge in [-0.3, -0.25) is 14.3 Å². The highest BCUT2D eigenvalue weighted by atomic mass is 32.2. The smallest absolute Gasteiger partial charge is 0.246 e. The van der Waals surface area contributed by atoms with Gasteiger partial charge in [-0.05, 0) is 29.8 Å². The van der Waals surface area contributed by atoms with E-state index >= 15 is 0 Å². The fraction of sp³-hybridized carbons (Fsp3) is 0.211. The number of para-hydroxylation sites is 1. The molecule has 132 valence electrons. The topological polar surface area (TPSA) is 64.0 Å². The predicted octanol–water partition coefficient (Wildman–Crippen LogP) is 3.51. The molecule has 0 atom stereocenters. The maximum Gasteiger partial charge on any atom is 0.246 e. The first-order valence-corrected chi connectivity index (χ1v) is 10.4. The Morgan fingerprint density at radius 1 is 1.15 bits per heavy atom. The molecule has 1 aromatic heterocycles. The molecule has 5 nitrogen and oxygen atoms in total. The minimum atomic E-state index is -0.171. The third-order valence-electron chi connectivity index (χ3n) is 4.12. The molecule has 26 heavy (non-hydrogen) atoms. The molecule has 0 unspecified atom stereocenters. The first-order valence-electron chi connectivity index (χ1n) is 8.28. The second kappa shape index (κ2) is 7.55. The van der Waals surface area contributed by atoms with Gasteiger partial charge in [-0.1, -0.05) is 24.3 Å². The molecule has 1 aliphatic rings. The van der Waals surface area contributed by atoms with Crippen LogP contribution in [0.1, 0.15) is 10.1 Å². The Kier molecular flexibility index (Phi) is 4.99. The number of nitrogens with zero attached hydrogens (tertiary/aromatic N) is 2. The summed E-state index contributed by atoms with van der Waals surface area (Å²) in [7, 11) is 0. The molecular formula is C19H17N3O2S2. The minimum absolute atomic E-state index is 0.0535. The van der Waals surface area contributed by atoms with Gasteiger partial charge < -0.3 is 5.32 Å². The third kappa shape index (κ3) is 3.64. The van der Waals surface area contributed by atoms with E-state index in [2.05, 4.69) is 16.5 Å². The van der Waals surface area contributed by atoms with Crippen LogP contribution in [0.25, 0.3) is 10.9 Å². The van der Waals surface area contributed by atoms with Crippen molar-refractivity contribution in [3.63, 3.8) is 0 Å². The molecular weight excluding hydrogens is 366 g/mol. The quantitative estimate of drug-likeness (QED) is 0.747. The molecule has 1 fully saturated rings. The summed E-state index contributed by atoms with van der Waals surface area (Å²) in [6.45, 7) is 0.0535. The largest absolute Gasteiger partial charge is 0.324 e. The lowest BCUT2D eigenvalue weighted by atomic mass is 10.2. The van der Waals surface area contributed by atoms with Crippen molar-refractivity contribution in [1.82, 2.24) is 9.78 Å². The molecule has 1 aliphatic heterocycles. The number of carbonyl (C=O) groups excluding carboxylic acids is 1. The van der Waals surface area contributed by atoms with Crippen molar-refractivity contribution in [3.05, 3.63) is 70.5 Å². The zero-order valence-electron chi connectivity index (χ0n) is 13.9. The Balaban J connectivity index is 1.52. The van der Waals surface area contributed by atoms with Crippen LogP contribution < -0.4 is 10.7 Å². The van der Waals surface area contributed by atoms with Crippen LogP contribution in [-0.2, 0) is 11.3 Å². The maximum atomic E-state index is 12.5. The van der Waals surface area contributed by atoms with Crippen LogP contribution in [0.3, 0.4) is 0 Å². The maximum absolute atomic E-state index is 12.5. The van der Waals surface area contributed by atoms with Crippen molar-refractivity contribution in [2.45, 2.75) is 11.1 Å². The second-order valence-electron chi connectivity index (χ2n) is 5.93. The van der Waals surface area contributed by atoms with E-state index in [-0.39, 0.29) is 17.9 Å². The summed E-state index contributed by atoms with van der Waals surface area (Å²) in [5, 5.41) is 7.61. The summed E-state index contributed by atoms with van der Waals surface area (Å²) in [4.78, 5) is 24.4. The Hall–Kier alpha value is -2.25. The molecule has 2 aromatic carbocycles. The number of amides is 1. The van der Waals surface area contributed by atoms with Crippen LogP contribution in [0.2, 0.25) is 0 Å². The van der Waals surface area contributed by atoms with E-state index in [9.17, 15) is 9.59 Å². The number of aromatic nitrogens is 2. The van der Waals surface area contributed by atoms with Crippen molar-refractivity contribution < 1.29 is 4.79 Å². The van der Waals surface area contributed by atoms with E-state index in [0.717, 1.165) is 17.2 Å². The SMILES string of the molecule is O=C(Cn1ncc(=O)c2ccccc21)Nc1cccc(C2SCCS2)c1. The highest BCUT2D eigenvalue weighted by molar-refractivity contribution is 8.19. The number of benzene rings is 2. The Bertz CT molecular complexity index is 1010. The molecule has 0 saturated carbocycles. The van der Waals surface area contributed by atoms with Crippen LogP contribution in [0.4, 0.5) is 5.69 Å². The van der Waals surface area contributed by atoms with Crippen molar-refractivity contribution in [3.8, 4) is 0 Å². The lowest BCUT2D eigenvalue weighted by Gasteiger charge is -2.12. The number of hydrogen-bond acceptors (Lipinski definition) is 5. The van der Waals surface area contributed by atoms with E-state index in [1.54, 1.807) is 22.9 Å². The van der Waals surface area contributed by atoms with Crippen LogP contribution in [0.15, 0.2) is 59.5 Å². The van der Waals surface area contributed by atoms with Crippen LogP contribution in [-0.4, -0.2) is 27.2 Å². The Labute approximate surface area is 159 Å². The Morgan fingerprint density at radius 3 is 2.81 bits per heavy atom. The normalized spacial score (nSPS) is 14.6. The Morgan fingerprint density at radius 2 is 1.96 bits per heavy atom. The summed E-state index contributed by atoms with van der Waals surface area (Å²) >= 11 is 3.87. The molecule has 3 aromatic rings. The second-order valence-corrected chi connectivity index (χ2v) is 8.66. The van der Waals surface area contributed by atoms with Crippen LogP contribution >= 0.6 is 23.5 Å². The molecule has 1 amide bonds. The minimum Gasteiger partial charge on any atom is -0.324 e. The number of fused-ring (bicyclic) bond motifs is 1. The van der Waals surface area contributed by atoms with Crippen LogP contribution in [0.5, 0.6) is 0 Å². The summed E-state index contributed by atoms with van der Waals surface area (Å²) in [6.07, 6.45) is 1.25. The summed E-state index contributed by atoms with van der Waals surface area (Å²) < 4.78 is 2.00. The van der Waals surface area contributed by atoms with E-state index in [1.165, 1.54) is 11.8 Å². The van der Waals surface area contributed by atoms with E-state index in [0.29, 0.717) is 15.5 Å². The molecule has 1 saturated heterocycles. The van der Waals surface area contributed by atoms with Crippen molar-refractivity contribution in [1.29, 1.82) is 0 Å². The summed E-state index contributed by atoms with van der Waals surface area (Å²) in [6, 6.07) is 15.2. The zero-order chi connectivity index (χ0) is 17.9. The first-order chi connectivity index (χ1) is 12.7. The summed E-state index contributed by atoms with van der Waals surface area (Å²) in [5.41, 5.74) is 2.52. The highest BCUT2D eigenvalue weighted by Crippen LogP contribution is 2.45. The molecule has 0 spiro atoms. The average molecular weight is 383 g/mol. The van der Waals surface area contributed by atoms with Gasteiger partial charge in [0.1, 0.15) is 6.54 Å². The zero-order valence-corrected chi connectivity index (χ0v) is 15.6. The van der Waals surface area contributed by atoms with E-state index in [4.69, 9.17) is 0 Å². The molecule has 7 heteroatoms. The number of anilines is 1. The van der Waals surface area contributed by atoms with Gasteiger partial charge in [-0.2, -0.15) is 5.10 Å². The van der Waals surface area contributed by atoms with Gasteiger partial charge in [0.15, 0.2) is 0 Å². The molecule has 0 bridgehead atoms. The predicted molar refractivity (Wildman–Crippen MR) is 109 cm³/mol. The van der Waals surface area contributed by atoms with Gasteiger partial charge >= 0.3 is 0 Å². The molecule has 1 N–H and O–H groups in total. The molecule has 0 radical (unpaired) electrons. The van der Waals surface area contributed by atoms with Gasteiger partial charge in [-0.15, -0.1) is 23.5 Å². The number of rotatable bonds is 4. The van der Waals surface area contributed by atoms with Gasteiger partial charge in [0.25, 0.3) is 0 Å². The van der Waals surface area contributed by atoms with Gasteiger partial charge in [0, 0.05) is 22.6 Å². The molecule has 0 aliphatic carbocycles. The molecule has 4 rings (SSSR count). The van der Waals surface area contributed by atoms with E-state index in [1.807, 2.05) is 47.8 Å². The number of hydrogen-bond donors (Lipinski definition) is 1. The number of thioether (sulfide) groups is 2. The fourth-order valence-corrected chi connectivity index (χ4v) is 5.78. The average Bonchev–Trinajstić information content (AvgIpc) is 3.19. The van der Waals surface area contributed by atoms with E-state index < -0.39 is 0 Å². The number of carbonyl (C=O) groups is 1. The van der Waals surface area contributed by atoms with Gasteiger partial charge in [0.05, 0.1) is 16.3 Å². The lowest BCUT2D eigenvalue weighted by molar-refractivity contribution is -0.116. The number of nitrogens with one attached hydrogen (secondary N) is 1. The first kappa shape index (κ1) is 17.2. The lowest BCUT2D eigenvalue weighted by Crippen LogP contribution is -2.22. The highest BCUT2D eigenvalue weighted by Gasteiger charge is 2.18. The fourth-order valence-electron chi connectivity index (χ4n) is 2.94. The van der Waals surface area contributed by atoms with Gasteiger partial charge in [0.2, 0.25) is 11.3 Å². The summed E-state index contributed by atoms with van der Waals surface area (Å²) in [5.74, 6) is 2.16. The van der Waals surface area contributed by atoms with Gasteiger partial charge in [-0.25, -0.2) is 0 Å². The third-order valence-corrected chi connectivity index (χ3v) is 7.22. The van der Waals surface area contributed by atoms with Crippen molar-refractivity contribution >= 4 is 46.0 Å². The van der Waals surface area contributed by atoms with Crippen molar-refractivity contribution in [2.24, 2.45) is 0 Å². The standard InChI is InChI=1S/C19H17N3O2S2/c23-17-11-20-22(16-7-2-1-6-15(16)17)12-18(24)21-14-5-3-4-13(10-14)19-25-8-9-26-19/h1-7,10-11,19H,8-9,12H2,(H,21,24).